The van der Waals surface area contributed by atoms with Gasteiger partial charge in [-0.2, -0.15) is 0 Å². The molecule has 2 N–H and O–H groups in total. The molecule has 2 aromatic carbocycles. The lowest BCUT2D eigenvalue weighted by Crippen LogP contribution is -2.21. The monoisotopic (exact) mass is 336 g/mol. The fourth-order valence-corrected chi connectivity index (χ4v) is 2.14. The molecule has 0 aliphatic carbocycles. The van der Waals surface area contributed by atoms with Gasteiger partial charge in [-0.3, -0.25) is 9.59 Å². The van der Waals surface area contributed by atoms with Gasteiger partial charge in [0, 0.05) is 24.2 Å². The van der Waals surface area contributed by atoms with Crippen LogP contribution in [0.5, 0.6) is 0 Å². The molecule has 2 rings (SSSR count). The molecule has 130 valence electrons. The minimum Gasteiger partial charge on any atom is -0.348 e. The zero-order chi connectivity index (χ0) is 18.2. The lowest BCUT2D eigenvalue weighted by Gasteiger charge is -2.09. The van der Waals surface area contributed by atoms with Crippen LogP contribution in [0.15, 0.2) is 54.6 Å². The summed E-state index contributed by atoms with van der Waals surface area (Å²) in [6.07, 6.45) is 3.31. The molecular weight excluding hydrogens is 312 g/mol. The first-order valence-electron chi connectivity index (χ1n) is 8.36. The lowest BCUT2D eigenvalue weighted by atomic mass is 10.1. The molecule has 0 aliphatic rings. The minimum absolute atomic E-state index is 0.0257. The zero-order valence-corrected chi connectivity index (χ0v) is 14.9. The van der Waals surface area contributed by atoms with Gasteiger partial charge in [0.1, 0.15) is 0 Å². The Morgan fingerprint density at radius 2 is 1.80 bits per heavy atom. The Labute approximate surface area is 149 Å². The third-order valence-corrected chi connectivity index (χ3v) is 3.69. The summed E-state index contributed by atoms with van der Waals surface area (Å²) in [4.78, 5) is 23.7. The van der Waals surface area contributed by atoms with Crippen molar-refractivity contribution < 1.29 is 9.59 Å². The van der Waals surface area contributed by atoms with E-state index < -0.39 is 0 Å². The number of anilines is 1. The summed E-state index contributed by atoms with van der Waals surface area (Å²) in [5, 5.41) is 5.70. The minimum atomic E-state index is -0.155. The van der Waals surface area contributed by atoms with Crippen LogP contribution < -0.4 is 10.6 Å². The van der Waals surface area contributed by atoms with Crippen LogP contribution in [-0.4, -0.2) is 11.8 Å². The number of carbonyl (C=O) groups is 2. The van der Waals surface area contributed by atoms with E-state index in [1.807, 2.05) is 69.3 Å². The maximum absolute atomic E-state index is 11.9. The van der Waals surface area contributed by atoms with Gasteiger partial charge in [0.05, 0.1) is 0 Å². The second-order valence-corrected chi connectivity index (χ2v) is 6.31. The Bertz CT molecular complexity index is 762. The molecule has 0 bridgehead atoms. The largest absolute Gasteiger partial charge is 0.348 e. The van der Waals surface area contributed by atoms with Gasteiger partial charge in [0.2, 0.25) is 11.8 Å². The van der Waals surface area contributed by atoms with Crippen LogP contribution in [0.4, 0.5) is 5.69 Å². The number of rotatable bonds is 6. The molecule has 2 aromatic rings. The van der Waals surface area contributed by atoms with E-state index in [9.17, 15) is 9.59 Å². The first-order chi connectivity index (χ1) is 11.9. The molecule has 0 spiro atoms. The van der Waals surface area contributed by atoms with Crippen molar-refractivity contribution in [3.05, 3.63) is 71.3 Å². The van der Waals surface area contributed by atoms with Crippen LogP contribution in [-0.2, 0) is 16.1 Å². The Hall–Kier alpha value is -2.88. The van der Waals surface area contributed by atoms with Crippen molar-refractivity contribution in [3.63, 3.8) is 0 Å². The zero-order valence-electron chi connectivity index (χ0n) is 14.9. The van der Waals surface area contributed by atoms with Crippen molar-refractivity contribution in [2.45, 2.75) is 27.3 Å². The first-order valence-corrected chi connectivity index (χ1v) is 8.36. The Morgan fingerprint density at radius 3 is 2.48 bits per heavy atom. The molecule has 0 aliphatic heterocycles. The molecule has 0 saturated carbocycles. The molecule has 0 heterocycles. The van der Waals surface area contributed by atoms with E-state index in [0.717, 1.165) is 16.8 Å². The van der Waals surface area contributed by atoms with Gasteiger partial charge < -0.3 is 10.6 Å². The molecular formula is C21H24N2O2. The quantitative estimate of drug-likeness (QED) is 0.786. The summed E-state index contributed by atoms with van der Waals surface area (Å²) in [5.74, 6) is -0.255. The van der Waals surface area contributed by atoms with Crippen molar-refractivity contribution >= 4 is 23.6 Å². The van der Waals surface area contributed by atoms with Crippen LogP contribution in [0, 0.1) is 12.8 Å². The molecule has 0 unspecified atom stereocenters. The lowest BCUT2D eigenvalue weighted by molar-refractivity contribution is -0.119. The standard InChI is InChI=1S/C21H24N2O2/c1-15(2)21(25)23-19-6-4-5-18(13-19)14-22-20(24)12-11-17-9-7-16(3)8-10-17/h4-13,15H,14H2,1-3H3,(H,22,24)(H,23,25)/b12-11+. The van der Waals surface area contributed by atoms with Crippen LogP contribution in [0.2, 0.25) is 0 Å². The highest BCUT2D eigenvalue weighted by Gasteiger charge is 2.07. The predicted molar refractivity (Wildman–Crippen MR) is 102 cm³/mol. The molecule has 4 heteroatoms. The topological polar surface area (TPSA) is 58.2 Å². The number of carbonyl (C=O) groups excluding carboxylic acids is 2. The third-order valence-electron chi connectivity index (χ3n) is 3.69. The third kappa shape index (κ3) is 6.26. The second kappa shape index (κ2) is 8.83. The van der Waals surface area contributed by atoms with Gasteiger partial charge >= 0.3 is 0 Å². The van der Waals surface area contributed by atoms with Gasteiger partial charge in [-0.15, -0.1) is 0 Å². The summed E-state index contributed by atoms with van der Waals surface area (Å²) in [5.41, 5.74) is 3.84. The van der Waals surface area contributed by atoms with Gasteiger partial charge in [0.15, 0.2) is 0 Å². The number of nitrogens with one attached hydrogen (secondary N) is 2. The number of hydrogen-bond acceptors (Lipinski definition) is 2. The van der Waals surface area contributed by atoms with Crippen molar-refractivity contribution in [2.75, 3.05) is 5.32 Å². The fraction of sp³-hybridized carbons (Fsp3) is 0.238. The van der Waals surface area contributed by atoms with Crippen molar-refractivity contribution in [2.24, 2.45) is 5.92 Å². The molecule has 25 heavy (non-hydrogen) atoms. The molecule has 0 atom stereocenters. The smallest absolute Gasteiger partial charge is 0.244 e. The van der Waals surface area contributed by atoms with Gasteiger partial charge in [0.25, 0.3) is 0 Å². The summed E-state index contributed by atoms with van der Waals surface area (Å²) in [6, 6.07) is 15.4. The average Bonchev–Trinajstić information content (AvgIpc) is 2.59. The highest BCUT2D eigenvalue weighted by atomic mass is 16.2. The second-order valence-electron chi connectivity index (χ2n) is 6.31. The highest BCUT2D eigenvalue weighted by Crippen LogP contribution is 2.12. The summed E-state index contributed by atoms with van der Waals surface area (Å²) in [6.45, 7) is 6.12. The van der Waals surface area contributed by atoms with E-state index in [1.165, 1.54) is 11.6 Å². The molecule has 0 aromatic heterocycles. The molecule has 4 nitrogen and oxygen atoms in total. The van der Waals surface area contributed by atoms with Crippen molar-refractivity contribution in [1.29, 1.82) is 0 Å². The van der Waals surface area contributed by atoms with Gasteiger partial charge in [-0.05, 0) is 36.3 Å². The van der Waals surface area contributed by atoms with E-state index in [4.69, 9.17) is 0 Å². The first kappa shape index (κ1) is 18.5. The number of aryl methyl sites for hydroxylation is 1. The van der Waals surface area contributed by atoms with Gasteiger partial charge in [-0.1, -0.05) is 55.8 Å². The predicted octanol–water partition coefficient (Wildman–Crippen LogP) is 3.92. The number of hydrogen-bond donors (Lipinski definition) is 2. The Kier molecular flexibility index (Phi) is 6.52. The molecule has 0 fully saturated rings. The SMILES string of the molecule is Cc1ccc(/C=C/C(=O)NCc2cccc(NC(=O)C(C)C)c2)cc1. The van der Waals surface area contributed by atoms with Crippen LogP contribution in [0.25, 0.3) is 6.08 Å². The van der Waals surface area contributed by atoms with Crippen LogP contribution >= 0.6 is 0 Å². The van der Waals surface area contributed by atoms with E-state index in [2.05, 4.69) is 10.6 Å². The van der Waals surface area contributed by atoms with Gasteiger partial charge in [-0.25, -0.2) is 0 Å². The summed E-state index contributed by atoms with van der Waals surface area (Å²) < 4.78 is 0. The van der Waals surface area contributed by atoms with E-state index in [0.29, 0.717) is 6.54 Å². The number of amides is 2. The molecule has 2 amide bonds. The molecule has 0 radical (unpaired) electrons. The number of benzene rings is 2. The van der Waals surface area contributed by atoms with Crippen LogP contribution in [0.1, 0.15) is 30.5 Å². The Balaban J connectivity index is 1.89. The van der Waals surface area contributed by atoms with Crippen LogP contribution in [0.3, 0.4) is 0 Å². The average molecular weight is 336 g/mol. The maximum Gasteiger partial charge on any atom is 0.244 e. The summed E-state index contributed by atoms with van der Waals surface area (Å²) >= 11 is 0. The fourth-order valence-electron chi connectivity index (χ4n) is 2.14. The van der Waals surface area contributed by atoms with Crippen molar-refractivity contribution in [1.82, 2.24) is 5.32 Å². The summed E-state index contributed by atoms with van der Waals surface area (Å²) in [7, 11) is 0. The van der Waals surface area contributed by atoms with E-state index in [-0.39, 0.29) is 17.7 Å². The van der Waals surface area contributed by atoms with E-state index >= 15 is 0 Å². The molecule has 0 saturated heterocycles. The highest BCUT2D eigenvalue weighted by molar-refractivity contribution is 5.92. The normalized spacial score (nSPS) is 10.9. The maximum atomic E-state index is 11.9. The Morgan fingerprint density at radius 1 is 1.08 bits per heavy atom. The van der Waals surface area contributed by atoms with Crippen molar-refractivity contribution in [3.8, 4) is 0 Å². The van der Waals surface area contributed by atoms with E-state index in [1.54, 1.807) is 6.08 Å².